The Labute approximate surface area is 190 Å². The Morgan fingerprint density at radius 2 is 1.84 bits per heavy atom. The topological polar surface area (TPSA) is 131 Å². The molecule has 32 heavy (non-hydrogen) atoms. The molecule has 0 spiro atoms. The number of hydrogen-bond donors (Lipinski definition) is 3. The van der Waals surface area contributed by atoms with Crippen molar-refractivity contribution in [2.24, 2.45) is 35.3 Å². The summed E-state index contributed by atoms with van der Waals surface area (Å²) in [5.41, 5.74) is 4.89. The predicted molar refractivity (Wildman–Crippen MR) is 118 cm³/mol. The van der Waals surface area contributed by atoms with E-state index in [0.717, 1.165) is 12.8 Å². The fourth-order valence-corrected chi connectivity index (χ4v) is 5.61. The Balaban J connectivity index is 1.83. The van der Waals surface area contributed by atoms with E-state index < -0.39 is 35.6 Å². The molecule has 3 rings (SSSR count). The molecule has 3 aliphatic rings. The summed E-state index contributed by atoms with van der Waals surface area (Å²) in [6.07, 6.45) is 2.28. The minimum atomic E-state index is -0.966. The van der Waals surface area contributed by atoms with Gasteiger partial charge in [0.05, 0.1) is 0 Å². The van der Waals surface area contributed by atoms with E-state index in [1.165, 1.54) is 4.90 Å². The SMILES string of the molecule is C[C@@H]1CC[C@H](C)[C@H]2CN(C(=O)OC(C)(C)C)[C@H](C(=O)N[C@@H](C[C@@H]3CCNC3=O)C(N)=O)[C@H]21. The highest BCUT2D eigenvalue weighted by molar-refractivity contribution is 5.92. The van der Waals surface area contributed by atoms with Crippen molar-refractivity contribution in [1.29, 1.82) is 0 Å². The van der Waals surface area contributed by atoms with Gasteiger partial charge in [0.25, 0.3) is 0 Å². The number of carbonyl (C=O) groups excluding carboxylic acids is 4. The van der Waals surface area contributed by atoms with Crippen LogP contribution in [-0.2, 0) is 19.1 Å². The number of rotatable bonds is 5. The average Bonchev–Trinajstić information content (AvgIpc) is 3.27. The van der Waals surface area contributed by atoms with Crippen molar-refractivity contribution in [3.63, 3.8) is 0 Å². The van der Waals surface area contributed by atoms with Gasteiger partial charge in [-0.1, -0.05) is 26.7 Å². The first kappa shape index (κ1) is 24.3. The summed E-state index contributed by atoms with van der Waals surface area (Å²) in [7, 11) is 0. The van der Waals surface area contributed by atoms with Crippen molar-refractivity contribution in [3.05, 3.63) is 0 Å². The van der Waals surface area contributed by atoms with Crippen LogP contribution in [0.5, 0.6) is 0 Å². The Hall–Kier alpha value is -2.32. The van der Waals surface area contributed by atoms with Crippen molar-refractivity contribution < 1.29 is 23.9 Å². The number of fused-ring (bicyclic) bond motifs is 1. The maximum absolute atomic E-state index is 13.5. The van der Waals surface area contributed by atoms with Gasteiger partial charge in [-0.2, -0.15) is 0 Å². The number of carbonyl (C=O) groups is 4. The zero-order valence-corrected chi connectivity index (χ0v) is 19.8. The van der Waals surface area contributed by atoms with Crippen LogP contribution in [0.1, 0.15) is 60.3 Å². The first-order chi connectivity index (χ1) is 14.9. The van der Waals surface area contributed by atoms with Crippen molar-refractivity contribution in [2.75, 3.05) is 13.1 Å². The monoisotopic (exact) mass is 450 g/mol. The van der Waals surface area contributed by atoms with Crippen LogP contribution in [0.3, 0.4) is 0 Å². The molecule has 9 heteroatoms. The number of hydrogen-bond acceptors (Lipinski definition) is 5. The van der Waals surface area contributed by atoms with Crippen LogP contribution < -0.4 is 16.4 Å². The second-order valence-electron chi connectivity index (χ2n) is 10.8. The van der Waals surface area contributed by atoms with E-state index in [-0.39, 0.29) is 36.0 Å². The van der Waals surface area contributed by atoms with Crippen LogP contribution in [-0.4, -0.2) is 59.5 Å². The lowest BCUT2D eigenvalue weighted by Crippen LogP contribution is -2.56. The molecular weight excluding hydrogens is 412 g/mol. The predicted octanol–water partition coefficient (Wildman–Crippen LogP) is 1.40. The summed E-state index contributed by atoms with van der Waals surface area (Å²) in [6, 6.07) is -1.70. The van der Waals surface area contributed by atoms with E-state index in [2.05, 4.69) is 24.5 Å². The van der Waals surface area contributed by atoms with Gasteiger partial charge in [-0.25, -0.2) is 4.79 Å². The van der Waals surface area contributed by atoms with Crippen LogP contribution in [0.2, 0.25) is 0 Å². The lowest BCUT2D eigenvalue weighted by molar-refractivity contribution is -0.132. The third kappa shape index (κ3) is 5.18. The van der Waals surface area contributed by atoms with Crippen LogP contribution in [0, 0.1) is 29.6 Å². The normalized spacial score (nSPS) is 33.3. The summed E-state index contributed by atoms with van der Waals surface area (Å²) >= 11 is 0. The van der Waals surface area contributed by atoms with Crippen LogP contribution in [0.25, 0.3) is 0 Å². The summed E-state index contributed by atoms with van der Waals surface area (Å²) in [6.45, 7) is 10.7. The van der Waals surface area contributed by atoms with Gasteiger partial charge in [-0.05, 0) is 57.3 Å². The third-order valence-electron chi connectivity index (χ3n) is 7.31. The summed E-state index contributed by atoms with van der Waals surface area (Å²) in [5, 5.41) is 5.52. The largest absolute Gasteiger partial charge is 0.444 e. The van der Waals surface area contributed by atoms with E-state index in [0.29, 0.717) is 25.4 Å². The van der Waals surface area contributed by atoms with Gasteiger partial charge >= 0.3 is 6.09 Å². The molecular formula is C23H38N4O5. The summed E-state index contributed by atoms with van der Waals surface area (Å²) in [5.74, 6) is -0.756. The molecule has 4 amide bonds. The molecule has 0 aromatic carbocycles. The molecule has 0 radical (unpaired) electrons. The van der Waals surface area contributed by atoms with Gasteiger partial charge in [-0.3, -0.25) is 19.3 Å². The number of ether oxygens (including phenoxy) is 1. The molecule has 0 aromatic rings. The maximum atomic E-state index is 13.5. The van der Waals surface area contributed by atoms with E-state index >= 15 is 0 Å². The van der Waals surface area contributed by atoms with E-state index in [4.69, 9.17) is 10.5 Å². The van der Waals surface area contributed by atoms with Gasteiger partial charge in [0.2, 0.25) is 17.7 Å². The molecule has 2 saturated heterocycles. The van der Waals surface area contributed by atoms with E-state index in [1.807, 2.05) is 0 Å². The number of nitrogens with zero attached hydrogens (tertiary/aromatic N) is 1. The van der Waals surface area contributed by atoms with Gasteiger partial charge < -0.3 is 21.1 Å². The van der Waals surface area contributed by atoms with Crippen LogP contribution in [0.15, 0.2) is 0 Å². The number of nitrogens with one attached hydrogen (secondary N) is 2. The Kier molecular flexibility index (Phi) is 7.05. The smallest absolute Gasteiger partial charge is 0.410 e. The molecule has 2 heterocycles. The number of amides is 4. The zero-order valence-electron chi connectivity index (χ0n) is 19.8. The molecule has 0 aromatic heterocycles. The lowest BCUT2D eigenvalue weighted by atomic mass is 9.67. The standard InChI is InChI=1S/C23H38N4O5/c1-12-6-7-13(2)17-15(12)11-27(22(31)32-23(3,4)5)18(17)21(30)26-16(19(24)28)10-14-8-9-25-20(14)29/h12-18H,6-11H2,1-5H3,(H2,24,28)(H,25,29)(H,26,30)/t12-,13+,14-,15+,16-,17-,18-/m0/s1. The molecule has 3 fully saturated rings. The number of likely N-dealkylation sites (tertiary alicyclic amines) is 1. The highest BCUT2D eigenvalue weighted by Crippen LogP contribution is 2.47. The molecule has 0 unspecified atom stereocenters. The van der Waals surface area contributed by atoms with Gasteiger partial charge in [0.1, 0.15) is 17.7 Å². The van der Waals surface area contributed by atoms with Crippen molar-refractivity contribution in [2.45, 2.75) is 78.0 Å². The molecule has 7 atom stereocenters. The zero-order chi connectivity index (χ0) is 23.8. The second kappa shape index (κ2) is 9.27. The van der Waals surface area contributed by atoms with Crippen molar-refractivity contribution in [3.8, 4) is 0 Å². The molecule has 4 N–H and O–H groups in total. The molecule has 1 aliphatic carbocycles. The first-order valence-corrected chi connectivity index (χ1v) is 11.8. The van der Waals surface area contributed by atoms with Gasteiger partial charge in [0.15, 0.2) is 0 Å². The molecule has 0 bridgehead atoms. The van der Waals surface area contributed by atoms with Crippen LogP contribution in [0.4, 0.5) is 4.79 Å². The quantitative estimate of drug-likeness (QED) is 0.583. The maximum Gasteiger partial charge on any atom is 0.410 e. The Morgan fingerprint density at radius 3 is 2.41 bits per heavy atom. The highest BCUT2D eigenvalue weighted by Gasteiger charge is 2.54. The molecule has 180 valence electrons. The fourth-order valence-electron chi connectivity index (χ4n) is 5.61. The molecule has 9 nitrogen and oxygen atoms in total. The fraction of sp³-hybridized carbons (Fsp3) is 0.826. The summed E-state index contributed by atoms with van der Waals surface area (Å²) in [4.78, 5) is 52.2. The Morgan fingerprint density at radius 1 is 1.19 bits per heavy atom. The second-order valence-corrected chi connectivity index (χ2v) is 10.8. The van der Waals surface area contributed by atoms with Gasteiger partial charge in [0, 0.05) is 19.0 Å². The van der Waals surface area contributed by atoms with Crippen LogP contribution >= 0.6 is 0 Å². The van der Waals surface area contributed by atoms with E-state index in [9.17, 15) is 19.2 Å². The third-order valence-corrected chi connectivity index (χ3v) is 7.31. The molecule has 1 saturated carbocycles. The number of primary amides is 1. The minimum Gasteiger partial charge on any atom is -0.444 e. The lowest BCUT2D eigenvalue weighted by Gasteiger charge is -2.38. The van der Waals surface area contributed by atoms with Crippen molar-refractivity contribution in [1.82, 2.24) is 15.5 Å². The number of nitrogens with two attached hydrogens (primary N) is 1. The average molecular weight is 451 g/mol. The summed E-state index contributed by atoms with van der Waals surface area (Å²) < 4.78 is 5.62. The van der Waals surface area contributed by atoms with Crippen molar-refractivity contribution >= 4 is 23.8 Å². The Bertz CT molecular complexity index is 764. The highest BCUT2D eigenvalue weighted by atomic mass is 16.6. The van der Waals surface area contributed by atoms with E-state index in [1.54, 1.807) is 20.8 Å². The first-order valence-electron chi connectivity index (χ1n) is 11.8. The van der Waals surface area contributed by atoms with Gasteiger partial charge in [-0.15, -0.1) is 0 Å². The molecule has 2 aliphatic heterocycles. The minimum absolute atomic E-state index is 0.0189.